The second kappa shape index (κ2) is 6.77. The number of thioether (sulfide) groups is 1. The average molecular weight is 274 g/mol. The van der Waals surface area contributed by atoms with Gasteiger partial charge in [0.1, 0.15) is 0 Å². The molecule has 0 radical (unpaired) electrons. The number of esters is 1. The van der Waals surface area contributed by atoms with Gasteiger partial charge in [-0.25, -0.2) is 0 Å². The molecule has 0 amide bonds. The summed E-state index contributed by atoms with van der Waals surface area (Å²) in [6.45, 7) is 4.06. The van der Waals surface area contributed by atoms with Gasteiger partial charge < -0.3 is 10.5 Å². The Morgan fingerprint density at radius 2 is 2.29 bits per heavy atom. The lowest BCUT2D eigenvalue weighted by molar-refractivity contribution is -0.146. The zero-order valence-corrected chi connectivity index (χ0v) is 11.5. The van der Waals surface area contributed by atoms with Gasteiger partial charge in [-0.15, -0.1) is 11.8 Å². The van der Waals surface area contributed by atoms with Crippen molar-refractivity contribution in [2.45, 2.75) is 18.7 Å². The van der Waals surface area contributed by atoms with Gasteiger partial charge in [-0.3, -0.25) is 4.79 Å². The topological polar surface area (TPSA) is 52.3 Å². The number of hydrogen-bond acceptors (Lipinski definition) is 4. The molecule has 0 fully saturated rings. The predicted octanol–water partition coefficient (Wildman–Crippen LogP) is 3.21. The summed E-state index contributed by atoms with van der Waals surface area (Å²) < 4.78 is 4.94. The molecule has 1 rings (SSSR count). The van der Waals surface area contributed by atoms with Crippen molar-refractivity contribution in [3.8, 4) is 0 Å². The number of nitrogen functional groups attached to an aromatic ring is 1. The quantitative estimate of drug-likeness (QED) is 0.508. The first-order valence-corrected chi connectivity index (χ1v) is 6.75. The maximum atomic E-state index is 11.4. The highest BCUT2D eigenvalue weighted by Gasteiger charge is 2.14. The molecular weight excluding hydrogens is 258 g/mol. The van der Waals surface area contributed by atoms with Crippen LogP contribution in [0.25, 0.3) is 0 Å². The van der Waals surface area contributed by atoms with Gasteiger partial charge in [-0.2, -0.15) is 0 Å². The third-order valence-corrected chi connectivity index (χ3v) is 3.89. The molecule has 5 heteroatoms. The van der Waals surface area contributed by atoms with Crippen molar-refractivity contribution in [1.29, 1.82) is 0 Å². The summed E-state index contributed by atoms with van der Waals surface area (Å²) in [4.78, 5) is 12.3. The highest BCUT2D eigenvalue weighted by molar-refractivity contribution is 7.99. The Labute approximate surface area is 111 Å². The monoisotopic (exact) mass is 273 g/mol. The number of carbonyl (C=O) groups is 1. The second-order valence-corrected chi connectivity index (χ2v) is 5.12. The van der Waals surface area contributed by atoms with Crippen LogP contribution in [0, 0.1) is 5.92 Å². The van der Waals surface area contributed by atoms with E-state index in [9.17, 15) is 4.79 Å². The number of ether oxygens (including phenoxy) is 1. The highest BCUT2D eigenvalue weighted by atomic mass is 35.5. The molecule has 0 heterocycles. The summed E-state index contributed by atoms with van der Waals surface area (Å²) in [7, 11) is 0. The number of hydrogen-bond donors (Lipinski definition) is 1. The van der Waals surface area contributed by atoms with Crippen molar-refractivity contribution in [1.82, 2.24) is 0 Å². The van der Waals surface area contributed by atoms with E-state index in [0.29, 0.717) is 23.1 Å². The molecule has 0 aliphatic rings. The normalized spacial score (nSPS) is 12.2. The molecule has 0 aromatic heterocycles. The van der Waals surface area contributed by atoms with Crippen LogP contribution in [0.4, 0.5) is 5.69 Å². The summed E-state index contributed by atoms with van der Waals surface area (Å²) in [5.41, 5.74) is 6.24. The SMILES string of the molecule is CCOC(=O)C(C)CSc1ccc(N)cc1Cl. The fourth-order valence-electron chi connectivity index (χ4n) is 1.20. The summed E-state index contributed by atoms with van der Waals surface area (Å²) in [5, 5.41) is 0.617. The smallest absolute Gasteiger partial charge is 0.309 e. The van der Waals surface area contributed by atoms with Crippen LogP contribution in [0.2, 0.25) is 5.02 Å². The molecule has 0 aliphatic heterocycles. The Morgan fingerprint density at radius 3 is 2.88 bits per heavy atom. The van der Waals surface area contributed by atoms with Gasteiger partial charge in [0.15, 0.2) is 0 Å². The van der Waals surface area contributed by atoms with E-state index in [1.807, 2.05) is 13.0 Å². The molecule has 0 bridgehead atoms. The minimum Gasteiger partial charge on any atom is -0.466 e. The molecule has 0 saturated heterocycles. The summed E-state index contributed by atoms with van der Waals surface area (Å²) in [5.74, 6) is 0.322. The van der Waals surface area contributed by atoms with Gasteiger partial charge in [0.25, 0.3) is 0 Å². The predicted molar refractivity (Wildman–Crippen MR) is 72.4 cm³/mol. The van der Waals surface area contributed by atoms with Crippen LogP contribution in [-0.2, 0) is 9.53 Å². The van der Waals surface area contributed by atoms with Gasteiger partial charge in [0.2, 0.25) is 0 Å². The molecule has 0 spiro atoms. The molecule has 1 aromatic rings. The number of benzene rings is 1. The van der Waals surface area contributed by atoms with Gasteiger partial charge >= 0.3 is 5.97 Å². The lowest BCUT2D eigenvalue weighted by Gasteiger charge is -2.10. The van der Waals surface area contributed by atoms with Crippen LogP contribution in [0.5, 0.6) is 0 Å². The van der Waals surface area contributed by atoms with E-state index in [4.69, 9.17) is 22.1 Å². The maximum Gasteiger partial charge on any atom is 0.309 e. The Balaban J connectivity index is 2.52. The van der Waals surface area contributed by atoms with Gasteiger partial charge in [-0.1, -0.05) is 18.5 Å². The van der Waals surface area contributed by atoms with E-state index >= 15 is 0 Å². The van der Waals surface area contributed by atoms with Crippen LogP contribution in [0.3, 0.4) is 0 Å². The Kier molecular flexibility index (Phi) is 5.65. The standard InChI is InChI=1S/C12H16ClNO2S/c1-3-16-12(15)8(2)7-17-11-5-4-9(14)6-10(11)13/h4-6,8H,3,7,14H2,1-2H3. The van der Waals surface area contributed by atoms with Crippen LogP contribution in [0.1, 0.15) is 13.8 Å². The first kappa shape index (κ1) is 14.2. The van der Waals surface area contributed by atoms with E-state index in [-0.39, 0.29) is 11.9 Å². The van der Waals surface area contributed by atoms with Crippen molar-refractivity contribution in [2.75, 3.05) is 18.1 Å². The molecule has 17 heavy (non-hydrogen) atoms. The minimum atomic E-state index is -0.174. The third-order valence-electron chi connectivity index (χ3n) is 2.13. The Hall–Kier alpha value is -0.870. The number of carbonyl (C=O) groups excluding carboxylic acids is 1. The van der Waals surface area contributed by atoms with Crippen LogP contribution in [-0.4, -0.2) is 18.3 Å². The summed E-state index contributed by atoms with van der Waals surface area (Å²) in [6, 6.07) is 5.36. The molecule has 1 unspecified atom stereocenters. The van der Waals surface area contributed by atoms with E-state index in [2.05, 4.69) is 0 Å². The number of halogens is 1. The molecule has 1 aromatic carbocycles. The van der Waals surface area contributed by atoms with E-state index in [0.717, 1.165) is 4.90 Å². The van der Waals surface area contributed by atoms with E-state index in [1.165, 1.54) is 11.8 Å². The third kappa shape index (κ3) is 4.48. The lowest BCUT2D eigenvalue weighted by atomic mass is 10.2. The fourth-order valence-corrected chi connectivity index (χ4v) is 2.48. The van der Waals surface area contributed by atoms with E-state index in [1.54, 1.807) is 19.1 Å². The molecule has 0 saturated carbocycles. The number of nitrogens with two attached hydrogens (primary N) is 1. The molecule has 94 valence electrons. The van der Waals surface area contributed by atoms with Gasteiger partial charge in [-0.05, 0) is 25.1 Å². The van der Waals surface area contributed by atoms with Crippen LogP contribution >= 0.6 is 23.4 Å². The van der Waals surface area contributed by atoms with Crippen LogP contribution in [0.15, 0.2) is 23.1 Å². The first-order chi connectivity index (χ1) is 8.04. The lowest BCUT2D eigenvalue weighted by Crippen LogP contribution is -2.16. The zero-order chi connectivity index (χ0) is 12.8. The van der Waals surface area contributed by atoms with Crippen molar-refractivity contribution >= 4 is 35.0 Å². The van der Waals surface area contributed by atoms with Crippen LogP contribution < -0.4 is 5.73 Å². The van der Waals surface area contributed by atoms with Crippen molar-refractivity contribution < 1.29 is 9.53 Å². The van der Waals surface area contributed by atoms with Gasteiger partial charge in [0, 0.05) is 16.3 Å². The average Bonchev–Trinajstić information content (AvgIpc) is 2.27. The fraction of sp³-hybridized carbons (Fsp3) is 0.417. The summed E-state index contributed by atoms with van der Waals surface area (Å²) >= 11 is 7.57. The molecular formula is C12H16ClNO2S. The number of rotatable bonds is 5. The first-order valence-electron chi connectivity index (χ1n) is 5.39. The molecule has 1 atom stereocenters. The Morgan fingerprint density at radius 1 is 1.59 bits per heavy atom. The van der Waals surface area contributed by atoms with Crippen molar-refractivity contribution in [3.63, 3.8) is 0 Å². The molecule has 3 nitrogen and oxygen atoms in total. The zero-order valence-electron chi connectivity index (χ0n) is 9.90. The van der Waals surface area contributed by atoms with E-state index < -0.39 is 0 Å². The largest absolute Gasteiger partial charge is 0.466 e. The molecule has 0 aliphatic carbocycles. The minimum absolute atomic E-state index is 0.145. The summed E-state index contributed by atoms with van der Waals surface area (Å²) in [6.07, 6.45) is 0. The van der Waals surface area contributed by atoms with Gasteiger partial charge in [0.05, 0.1) is 17.5 Å². The molecule has 2 N–H and O–H groups in total. The maximum absolute atomic E-state index is 11.4. The number of anilines is 1. The Bertz CT molecular complexity index is 398. The second-order valence-electron chi connectivity index (χ2n) is 3.65. The van der Waals surface area contributed by atoms with Crippen molar-refractivity contribution in [2.24, 2.45) is 5.92 Å². The highest BCUT2D eigenvalue weighted by Crippen LogP contribution is 2.30. The van der Waals surface area contributed by atoms with Crippen molar-refractivity contribution in [3.05, 3.63) is 23.2 Å².